The Bertz CT molecular complexity index is 678. The Hall–Kier alpha value is -1.44. The van der Waals surface area contributed by atoms with Crippen molar-refractivity contribution in [1.29, 1.82) is 0 Å². The smallest absolute Gasteiger partial charge is 0.243 e. The van der Waals surface area contributed by atoms with Gasteiger partial charge in [0.05, 0.1) is 4.90 Å². The van der Waals surface area contributed by atoms with Gasteiger partial charge in [0.2, 0.25) is 15.9 Å². The van der Waals surface area contributed by atoms with Gasteiger partial charge in [0.1, 0.15) is 0 Å². The Morgan fingerprint density at radius 3 is 2.54 bits per heavy atom. The largest absolute Gasteiger partial charge is 0.381 e. The molecule has 3 rings (SSSR count). The molecule has 0 unspecified atom stereocenters. The molecule has 1 amide bonds. The third-order valence-electron chi connectivity index (χ3n) is 4.65. The van der Waals surface area contributed by atoms with Gasteiger partial charge in [-0.3, -0.25) is 4.79 Å². The van der Waals surface area contributed by atoms with E-state index in [-0.39, 0.29) is 16.7 Å². The highest BCUT2D eigenvalue weighted by molar-refractivity contribution is 7.89. The van der Waals surface area contributed by atoms with Crippen molar-refractivity contribution in [2.24, 2.45) is 5.92 Å². The predicted molar refractivity (Wildman–Crippen MR) is 91.2 cm³/mol. The summed E-state index contributed by atoms with van der Waals surface area (Å²) in [6, 6.07) is 6.55. The molecular formula is C17H24N2O4S. The van der Waals surface area contributed by atoms with Crippen molar-refractivity contribution >= 4 is 21.6 Å². The van der Waals surface area contributed by atoms with Crippen LogP contribution in [0.1, 0.15) is 32.1 Å². The van der Waals surface area contributed by atoms with Crippen molar-refractivity contribution < 1.29 is 17.9 Å². The number of nitrogens with one attached hydrogen (secondary N) is 1. The van der Waals surface area contributed by atoms with E-state index >= 15 is 0 Å². The van der Waals surface area contributed by atoms with Crippen molar-refractivity contribution in [3.63, 3.8) is 0 Å². The third-order valence-corrected chi connectivity index (χ3v) is 6.54. The van der Waals surface area contributed by atoms with Crippen LogP contribution in [0, 0.1) is 5.92 Å². The molecule has 0 saturated carbocycles. The molecule has 1 aromatic rings. The summed E-state index contributed by atoms with van der Waals surface area (Å²) in [6.07, 6.45) is 4.29. The Morgan fingerprint density at radius 1 is 1.12 bits per heavy atom. The van der Waals surface area contributed by atoms with Crippen molar-refractivity contribution in [3.05, 3.63) is 24.3 Å². The van der Waals surface area contributed by atoms with Crippen LogP contribution in [0.3, 0.4) is 0 Å². The molecule has 1 N–H and O–H groups in total. The van der Waals surface area contributed by atoms with Crippen molar-refractivity contribution in [1.82, 2.24) is 4.31 Å². The number of sulfonamides is 1. The lowest BCUT2D eigenvalue weighted by Crippen LogP contribution is -2.35. The molecule has 0 aliphatic carbocycles. The number of hydrogen-bond acceptors (Lipinski definition) is 4. The molecule has 0 radical (unpaired) electrons. The van der Waals surface area contributed by atoms with Gasteiger partial charge in [-0.15, -0.1) is 0 Å². The van der Waals surface area contributed by atoms with Gasteiger partial charge in [-0.2, -0.15) is 4.31 Å². The lowest BCUT2D eigenvalue weighted by molar-refractivity contribution is -0.122. The quantitative estimate of drug-likeness (QED) is 0.901. The zero-order chi connectivity index (χ0) is 17.0. The number of anilines is 1. The van der Waals surface area contributed by atoms with Crippen LogP contribution in [0.5, 0.6) is 0 Å². The molecule has 24 heavy (non-hydrogen) atoms. The molecule has 0 aromatic heterocycles. The van der Waals surface area contributed by atoms with Gasteiger partial charge in [0, 0.05) is 37.9 Å². The van der Waals surface area contributed by atoms with Crippen LogP contribution >= 0.6 is 0 Å². The van der Waals surface area contributed by atoms with Crippen LogP contribution in [-0.2, 0) is 19.6 Å². The topological polar surface area (TPSA) is 75.7 Å². The molecule has 1 aromatic carbocycles. The molecule has 2 fully saturated rings. The Kier molecular flexibility index (Phi) is 5.53. The van der Waals surface area contributed by atoms with E-state index in [9.17, 15) is 13.2 Å². The Morgan fingerprint density at radius 2 is 1.83 bits per heavy atom. The van der Waals surface area contributed by atoms with E-state index in [1.54, 1.807) is 24.3 Å². The molecule has 0 atom stereocenters. The summed E-state index contributed by atoms with van der Waals surface area (Å²) >= 11 is 0. The van der Waals surface area contributed by atoms with Crippen LogP contribution in [0.15, 0.2) is 29.2 Å². The van der Waals surface area contributed by atoms with E-state index in [2.05, 4.69) is 5.32 Å². The zero-order valence-electron chi connectivity index (χ0n) is 13.7. The van der Waals surface area contributed by atoms with Crippen LogP contribution in [0.4, 0.5) is 5.69 Å². The van der Waals surface area contributed by atoms with Gasteiger partial charge in [-0.25, -0.2) is 8.42 Å². The Labute approximate surface area is 143 Å². The number of hydrogen-bond donors (Lipinski definition) is 1. The summed E-state index contributed by atoms with van der Waals surface area (Å²) in [6.45, 7) is 2.34. The first-order valence-electron chi connectivity index (χ1n) is 8.56. The van der Waals surface area contributed by atoms with Gasteiger partial charge >= 0.3 is 0 Å². The van der Waals surface area contributed by atoms with E-state index in [1.165, 1.54) is 4.31 Å². The van der Waals surface area contributed by atoms with E-state index in [0.29, 0.717) is 44.8 Å². The van der Waals surface area contributed by atoms with E-state index in [4.69, 9.17) is 4.74 Å². The highest BCUT2D eigenvalue weighted by Crippen LogP contribution is 2.24. The van der Waals surface area contributed by atoms with Crippen molar-refractivity contribution in [3.8, 4) is 0 Å². The van der Waals surface area contributed by atoms with Crippen LogP contribution in [0.2, 0.25) is 0 Å². The number of carbonyl (C=O) groups excluding carboxylic acids is 1. The fourth-order valence-corrected chi connectivity index (χ4v) is 4.76. The molecular weight excluding hydrogens is 328 g/mol. The summed E-state index contributed by atoms with van der Waals surface area (Å²) in [4.78, 5) is 12.5. The standard InChI is InChI=1S/C17H24N2O4S/c20-17(14-7-11-23-12-8-14)18-15-5-4-6-16(13-15)24(21,22)19-9-2-1-3-10-19/h4-6,13-14H,1-3,7-12H2,(H,18,20). The molecule has 2 saturated heterocycles. The second-order valence-corrected chi connectivity index (χ2v) is 8.31. The fourth-order valence-electron chi connectivity index (χ4n) is 3.19. The molecule has 6 nitrogen and oxygen atoms in total. The average molecular weight is 352 g/mol. The maximum atomic E-state index is 12.7. The number of rotatable bonds is 4. The second-order valence-electron chi connectivity index (χ2n) is 6.37. The van der Waals surface area contributed by atoms with Gasteiger partial charge in [-0.05, 0) is 43.9 Å². The Balaban J connectivity index is 1.72. The summed E-state index contributed by atoms with van der Waals surface area (Å²) in [5.41, 5.74) is 0.532. The summed E-state index contributed by atoms with van der Waals surface area (Å²) in [5.74, 6) is -0.132. The molecule has 2 aliphatic heterocycles. The number of nitrogens with zero attached hydrogens (tertiary/aromatic N) is 1. The number of amides is 1. The third kappa shape index (κ3) is 3.96. The van der Waals surface area contributed by atoms with Crippen LogP contribution in [-0.4, -0.2) is 44.9 Å². The number of benzene rings is 1. The lowest BCUT2D eigenvalue weighted by atomic mass is 9.99. The maximum absolute atomic E-state index is 12.7. The average Bonchev–Trinajstić information content (AvgIpc) is 2.63. The molecule has 2 aliphatic rings. The van der Waals surface area contributed by atoms with Crippen molar-refractivity contribution in [2.45, 2.75) is 37.0 Å². The molecule has 2 heterocycles. The number of ether oxygens (including phenoxy) is 1. The van der Waals surface area contributed by atoms with E-state index < -0.39 is 10.0 Å². The SMILES string of the molecule is O=C(Nc1cccc(S(=O)(=O)N2CCCCC2)c1)C1CCOCC1. The highest BCUT2D eigenvalue weighted by Gasteiger charge is 2.26. The minimum absolute atomic E-state index is 0.0641. The summed E-state index contributed by atoms with van der Waals surface area (Å²) in [7, 11) is -3.48. The second kappa shape index (κ2) is 7.63. The van der Waals surface area contributed by atoms with Gasteiger partial charge in [0.25, 0.3) is 0 Å². The van der Waals surface area contributed by atoms with Crippen molar-refractivity contribution in [2.75, 3.05) is 31.6 Å². The predicted octanol–water partition coefficient (Wildman–Crippen LogP) is 2.23. The first-order valence-corrected chi connectivity index (χ1v) is 10.0. The number of piperidine rings is 1. The lowest BCUT2D eigenvalue weighted by Gasteiger charge is -2.26. The summed E-state index contributed by atoms with van der Waals surface area (Å²) < 4.78 is 32.3. The van der Waals surface area contributed by atoms with Gasteiger partial charge in [-0.1, -0.05) is 12.5 Å². The van der Waals surface area contributed by atoms with Gasteiger partial charge in [0.15, 0.2) is 0 Å². The number of carbonyl (C=O) groups is 1. The van der Waals surface area contributed by atoms with Crippen LogP contribution in [0.25, 0.3) is 0 Å². The summed E-state index contributed by atoms with van der Waals surface area (Å²) in [5, 5.41) is 2.85. The zero-order valence-corrected chi connectivity index (χ0v) is 14.6. The molecule has 7 heteroatoms. The minimum atomic E-state index is -3.48. The van der Waals surface area contributed by atoms with E-state index in [1.807, 2.05) is 0 Å². The maximum Gasteiger partial charge on any atom is 0.243 e. The highest BCUT2D eigenvalue weighted by atomic mass is 32.2. The molecule has 0 bridgehead atoms. The monoisotopic (exact) mass is 352 g/mol. The first kappa shape index (κ1) is 17.4. The van der Waals surface area contributed by atoms with Gasteiger partial charge < -0.3 is 10.1 Å². The fraction of sp³-hybridized carbons (Fsp3) is 0.588. The molecule has 0 spiro atoms. The normalized spacial score (nSPS) is 20.7. The van der Waals surface area contributed by atoms with Crippen LogP contribution < -0.4 is 5.32 Å². The molecule has 132 valence electrons. The van der Waals surface area contributed by atoms with E-state index in [0.717, 1.165) is 19.3 Å². The first-order chi connectivity index (χ1) is 11.6. The minimum Gasteiger partial charge on any atom is -0.381 e.